The van der Waals surface area contributed by atoms with Gasteiger partial charge in [-0.2, -0.15) is 5.10 Å². The van der Waals surface area contributed by atoms with E-state index in [1.54, 1.807) is 23.1 Å². The molecule has 3 aromatic rings. The largest absolute Gasteiger partial charge is 0.396 e. The highest BCUT2D eigenvalue weighted by Crippen LogP contribution is 2.21. The van der Waals surface area contributed by atoms with Crippen LogP contribution < -0.4 is 11.1 Å². The lowest BCUT2D eigenvalue weighted by molar-refractivity contribution is 0.102. The Morgan fingerprint density at radius 2 is 2.14 bits per heavy atom. The summed E-state index contributed by atoms with van der Waals surface area (Å²) in [6.45, 7) is 2.59. The third kappa shape index (κ3) is 2.43. The molecular formula is C15H15N5O. The zero-order valence-electron chi connectivity index (χ0n) is 11.6. The SMILES string of the molecule is CCn1cc(N)c(C(=O)Nc2cccc3cccnc23)n1. The summed E-state index contributed by atoms with van der Waals surface area (Å²) in [5, 5.41) is 7.95. The van der Waals surface area contributed by atoms with Crippen LogP contribution in [0.3, 0.4) is 0 Å². The molecule has 0 aliphatic carbocycles. The molecule has 3 N–H and O–H groups in total. The van der Waals surface area contributed by atoms with Crippen molar-refractivity contribution >= 4 is 28.2 Å². The Bertz CT molecular complexity index is 803. The molecule has 3 rings (SSSR count). The minimum absolute atomic E-state index is 0.227. The Hall–Kier alpha value is -2.89. The molecule has 6 heteroatoms. The molecule has 6 nitrogen and oxygen atoms in total. The Morgan fingerprint density at radius 3 is 2.90 bits per heavy atom. The normalized spacial score (nSPS) is 10.7. The number of amides is 1. The second-order valence-electron chi connectivity index (χ2n) is 4.62. The van der Waals surface area contributed by atoms with Gasteiger partial charge in [0.05, 0.1) is 16.9 Å². The van der Waals surface area contributed by atoms with E-state index in [0.717, 1.165) is 10.9 Å². The van der Waals surface area contributed by atoms with Crippen LogP contribution >= 0.6 is 0 Å². The topological polar surface area (TPSA) is 85.8 Å². The molecule has 0 radical (unpaired) electrons. The van der Waals surface area contributed by atoms with Crippen molar-refractivity contribution in [3.05, 3.63) is 48.4 Å². The number of aryl methyl sites for hydroxylation is 1. The van der Waals surface area contributed by atoms with Crippen LogP contribution in [0.25, 0.3) is 10.9 Å². The van der Waals surface area contributed by atoms with Crippen molar-refractivity contribution in [3.8, 4) is 0 Å². The molecule has 0 aliphatic rings. The number of fused-ring (bicyclic) bond motifs is 1. The number of carbonyl (C=O) groups excluding carboxylic acids is 1. The molecule has 0 spiro atoms. The van der Waals surface area contributed by atoms with Crippen LogP contribution in [0.5, 0.6) is 0 Å². The van der Waals surface area contributed by atoms with Gasteiger partial charge in [-0.1, -0.05) is 18.2 Å². The molecule has 0 bridgehead atoms. The van der Waals surface area contributed by atoms with Crippen molar-refractivity contribution in [1.29, 1.82) is 0 Å². The van der Waals surface area contributed by atoms with E-state index in [0.29, 0.717) is 17.9 Å². The van der Waals surface area contributed by atoms with E-state index in [1.165, 1.54) is 0 Å². The van der Waals surface area contributed by atoms with Gasteiger partial charge in [0.15, 0.2) is 5.69 Å². The van der Waals surface area contributed by atoms with E-state index in [9.17, 15) is 4.79 Å². The van der Waals surface area contributed by atoms with Crippen LogP contribution in [-0.4, -0.2) is 20.7 Å². The molecule has 106 valence electrons. The number of aromatic nitrogens is 3. The van der Waals surface area contributed by atoms with Crippen molar-refractivity contribution in [3.63, 3.8) is 0 Å². The first kappa shape index (κ1) is 13.1. The van der Waals surface area contributed by atoms with Gasteiger partial charge < -0.3 is 11.1 Å². The van der Waals surface area contributed by atoms with Crippen LogP contribution in [0.15, 0.2) is 42.7 Å². The van der Waals surface area contributed by atoms with E-state index in [2.05, 4.69) is 15.4 Å². The predicted octanol–water partition coefficient (Wildman–Crippen LogP) is 2.29. The zero-order chi connectivity index (χ0) is 14.8. The number of hydrogen-bond acceptors (Lipinski definition) is 4. The molecular weight excluding hydrogens is 266 g/mol. The minimum Gasteiger partial charge on any atom is -0.396 e. The van der Waals surface area contributed by atoms with Crippen LogP contribution in [0.4, 0.5) is 11.4 Å². The van der Waals surface area contributed by atoms with Crippen LogP contribution in [0.2, 0.25) is 0 Å². The average Bonchev–Trinajstić information content (AvgIpc) is 2.89. The maximum Gasteiger partial charge on any atom is 0.278 e. The number of nitrogens with two attached hydrogens (primary N) is 1. The summed E-state index contributed by atoms with van der Waals surface area (Å²) >= 11 is 0. The lowest BCUT2D eigenvalue weighted by Crippen LogP contribution is -2.15. The molecule has 0 atom stereocenters. The molecule has 0 saturated carbocycles. The monoisotopic (exact) mass is 281 g/mol. The lowest BCUT2D eigenvalue weighted by Gasteiger charge is -2.06. The molecule has 0 unspecified atom stereocenters. The maximum atomic E-state index is 12.3. The highest BCUT2D eigenvalue weighted by atomic mass is 16.2. The summed E-state index contributed by atoms with van der Waals surface area (Å²) in [6, 6.07) is 9.42. The van der Waals surface area contributed by atoms with E-state index in [1.807, 2.05) is 31.2 Å². The second kappa shape index (κ2) is 5.24. The standard InChI is InChI=1S/C15H15N5O/c1-2-20-9-11(16)14(19-20)15(21)18-12-7-3-5-10-6-4-8-17-13(10)12/h3-9H,2,16H2,1H3,(H,18,21). The molecule has 1 aromatic carbocycles. The Balaban J connectivity index is 1.94. The molecule has 2 heterocycles. The fraction of sp³-hybridized carbons (Fsp3) is 0.133. The van der Waals surface area contributed by atoms with Crippen molar-refractivity contribution in [1.82, 2.24) is 14.8 Å². The molecule has 2 aromatic heterocycles. The Labute approximate surface area is 121 Å². The van der Waals surface area contributed by atoms with Crippen LogP contribution in [0, 0.1) is 0 Å². The van der Waals surface area contributed by atoms with E-state index in [-0.39, 0.29) is 11.6 Å². The zero-order valence-corrected chi connectivity index (χ0v) is 11.6. The predicted molar refractivity (Wildman–Crippen MR) is 82.0 cm³/mol. The van der Waals surface area contributed by atoms with E-state index in [4.69, 9.17) is 5.73 Å². The summed E-state index contributed by atoms with van der Waals surface area (Å²) in [6.07, 6.45) is 3.34. The third-order valence-corrected chi connectivity index (χ3v) is 3.21. The van der Waals surface area contributed by atoms with Gasteiger partial charge in [0, 0.05) is 24.3 Å². The molecule has 21 heavy (non-hydrogen) atoms. The number of nitrogen functional groups attached to an aromatic ring is 1. The van der Waals surface area contributed by atoms with Crippen molar-refractivity contribution in [2.75, 3.05) is 11.1 Å². The summed E-state index contributed by atoms with van der Waals surface area (Å²) in [5.74, 6) is -0.335. The molecule has 0 aliphatic heterocycles. The summed E-state index contributed by atoms with van der Waals surface area (Å²) in [4.78, 5) is 16.6. The number of nitrogens with zero attached hydrogens (tertiary/aromatic N) is 3. The number of benzene rings is 1. The first-order valence-electron chi connectivity index (χ1n) is 6.67. The molecule has 1 amide bonds. The van der Waals surface area contributed by atoms with Crippen molar-refractivity contribution in [2.45, 2.75) is 13.5 Å². The first-order chi connectivity index (χ1) is 10.2. The van der Waals surface area contributed by atoms with Gasteiger partial charge in [-0.25, -0.2) is 0 Å². The lowest BCUT2D eigenvalue weighted by atomic mass is 10.2. The molecule has 0 saturated heterocycles. The molecule has 0 fully saturated rings. The quantitative estimate of drug-likeness (QED) is 0.771. The number of para-hydroxylation sites is 1. The summed E-state index contributed by atoms with van der Waals surface area (Å²) < 4.78 is 1.63. The van der Waals surface area contributed by atoms with Crippen LogP contribution in [-0.2, 0) is 6.54 Å². The second-order valence-corrected chi connectivity index (χ2v) is 4.62. The number of pyridine rings is 1. The third-order valence-electron chi connectivity index (χ3n) is 3.21. The summed E-state index contributed by atoms with van der Waals surface area (Å²) in [5.41, 5.74) is 7.79. The Morgan fingerprint density at radius 1 is 1.33 bits per heavy atom. The minimum atomic E-state index is -0.335. The van der Waals surface area contributed by atoms with Gasteiger partial charge in [-0.15, -0.1) is 0 Å². The fourth-order valence-corrected chi connectivity index (χ4v) is 2.16. The van der Waals surface area contributed by atoms with Gasteiger partial charge >= 0.3 is 0 Å². The highest BCUT2D eigenvalue weighted by molar-refractivity contribution is 6.09. The van der Waals surface area contributed by atoms with Crippen molar-refractivity contribution < 1.29 is 4.79 Å². The fourth-order valence-electron chi connectivity index (χ4n) is 2.16. The van der Waals surface area contributed by atoms with Crippen molar-refractivity contribution in [2.24, 2.45) is 0 Å². The number of hydrogen-bond donors (Lipinski definition) is 2. The maximum absolute atomic E-state index is 12.3. The number of anilines is 2. The number of nitrogens with one attached hydrogen (secondary N) is 1. The number of carbonyl (C=O) groups is 1. The summed E-state index contributed by atoms with van der Waals surface area (Å²) in [7, 11) is 0. The van der Waals surface area contributed by atoms with Gasteiger partial charge in [0.25, 0.3) is 5.91 Å². The van der Waals surface area contributed by atoms with Gasteiger partial charge in [0.1, 0.15) is 0 Å². The average molecular weight is 281 g/mol. The smallest absolute Gasteiger partial charge is 0.278 e. The van der Waals surface area contributed by atoms with Gasteiger partial charge in [-0.3, -0.25) is 14.5 Å². The Kier molecular flexibility index (Phi) is 3.27. The van der Waals surface area contributed by atoms with E-state index >= 15 is 0 Å². The van der Waals surface area contributed by atoms with Gasteiger partial charge in [0.2, 0.25) is 0 Å². The van der Waals surface area contributed by atoms with E-state index < -0.39 is 0 Å². The highest BCUT2D eigenvalue weighted by Gasteiger charge is 2.15. The van der Waals surface area contributed by atoms with Gasteiger partial charge in [-0.05, 0) is 19.1 Å². The van der Waals surface area contributed by atoms with Crippen LogP contribution in [0.1, 0.15) is 17.4 Å². The number of rotatable bonds is 3. The first-order valence-corrected chi connectivity index (χ1v) is 6.67.